The molecule has 28 heavy (non-hydrogen) atoms. The van der Waals surface area contributed by atoms with Crippen LogP contribution in [0.1, 0.15) is 10.4 Å². The lowest BCUT2D eigenvalue weighted by Crippen LogP contribution is -2.14. The molecule has 2 aromatic carbocycles. The first-order valence-electron chi connectivity index (χ1n) is 8.44. The van der Waals surface area contributed by atoms with Crippen molar-refractivity contribution >= 4 is 40.6 Å². The van der Waals surface area contributed by atoms with E-state index in [1.807, 2.05) is 53.1 Å². The first-order valence-corrected chi connectivity index (χ1v) is 9.20. The van der Waals surface area contributed by atoms with E-state index >= 15 is 0 Å². The predicted molar refractivity (Wildman–Crippen MR) is 112 cm³/mol. The smallest absolute Gasteiger partial charge is 0.256 e. The van der Waals surface area contributed by atoms with E-state index in [1.54, 1.807) is 25.3 Å². The molecule has 4 rings (SSSR count). The van der Waals surface area contributed by atoms with Crippen molar-refractivity contribution in [1.82, 2.24) is 9.38 Å². The van der Waals surface area contributed by atoms with E-state index in [0.29, 0.717) is 38.5 Å². The number of nitrogens with zero attached hydrogens (tertiary/aromatic N) is 2. The number of ether oxygens (including phenoxy) is 1. The van der Waals surface area contributed by atoms with Crippen molar-refractivity contribution in [3.05, 3.63) is 82.5 Å². The van der Waals surface area contributed by atoms with Crippen LogP contribution in [0, 0.1) is 0 Å². The van der Waals surface area contributed by atoms with Crippen molar-refractivity contribution in [3.63, 3.8) is 0 Å². The number of hydrogen-bond donors (Lipinski definition) is 1. The molecular formula is C21H15Cl2N3O2. The Balaban J connectivity index is 1.82. The maximum Gasteiger partial charge on any atom is 0.256 e. The Kier molecular flexibility index (Phi) is 4.94. The first kappa shape index (κ1) is 18.3. The highest BCUT2D eigenvalue weighted by Crippen LogP contribution is 2.31. The molecule has 1 N–H and O–H groups in total. The van der Waals surface area contributed by atoms with Crippen molar-refractivity contribution in [2.75, 3.05) is 12.4 Å². The third kappa shape index (κ3) is 3.54. The molecule has 0 radical (unpaired) electrons. The minimum atomic E-state index is -0.334. The van der Waals surface area contributed by atoms with Crippen LogP contribution in [0.2, 0.25) is 10.0 Å². The minimum Gasteiger partial charge on any atom is -0.497 e. The number of benzene rings is 2. The Labute approximate surface area is 171 Å². The highest BCUT2D eigenvalue weighted by Gasteiger charge is 2.18. The van der Waals surface area contributed by atoms with Crippen LogP contribution in [0.25, 0.3) is 16.9 Å². The van der Waals surface area contributed by atoms with Gasteiger partial charge in [0.2, 0.25) is 0 Å². The molecule has 0 fully saturated rings. The van der Waals surface area contributed by atoms with E-state index < -0.39 is 0 Å². The number of imidazole rings is 1. The Morgan fingerprint density at radius 1 is 1.04 bits per heavy atom. The zero-order chi connectivity index (χ0) is 19.7. The van der Waals surface area contributed by atoms with Crippen molar-refractivity contribution in [1.29, 1.82) is 0 Å². The van der Waals surface area contributed by atoms with Gasteiger partial charge in [0.25, 0.3) is 5.91 Å². The van der Waals surface area contributed by atoms with Gasteiger partial charge in [-0.15, -0.1) is 0 Å². The molecule has 0 aliphatic heterocycles. The molecule has 140 valence electrons. The number of pyridine rings is 1. The second-order valence-corrected chi connectivity index (χ2v) is 6.95. The fourth-order valence-corrected chi connectivity index (χ4v) is 3.48. The SMILES string of the molecule is COc1cccc(-c2nc3ccccn3c2NC(=O)c2cc(Cl)cc(Cl)c2)c1. The molecule has 0 unspecified atom stereocenters. The molecule has 2 aromatic heterocycles. The average molecular weight is 412 g/mol. The van der Waals surface area contributed by atoms with Gasteiger partial charge < -0.3 is 10.1 Å². The summed E-state index contributed by atoms with van der Waals surface area (Å²) in [7, 11) is 1.61. The van der Waals surface area contributed by atoms with E-state index in [1.165, 1.54) is 0 Å². The van der Waals surface area contributed by atoms with Gasteiger partial charge in [-0.25, -0.2) is 4.98 Å². The third-order valence-corrected chi connectivity index (χ3v) is 4.67. The number of rotatable bonds is 4. The summed E-state index contributed by atoms with van der Waals surface area (Å²) >= 11 is 12.1. The number of aromatic nitrogens is 2. The average Bonchev–Trinajstić information content (AvgIpc) is 3.06. The van der Waals surface area contributed by atoms with Gasteiger partial charge in [0.1, 0.15) is 22.9 Å². The topological polar surface area (TPSA) is 55.6 Å². The van der Waals surface area contributed by atoms with Gasteiger partial charge >= 0.3 is 0 Å². The number of carbonyl (C=O) groups excluding carboxylic acids is 1. The van der Waals surface area contributed by atoms with Crippen LogP contribution >= 0.6 is 23.2 Å². The molecular weight excluding hydrogens is 397 g/mol. The van der Waals surface area contributed by atoms with Gasteiger partial charge in [-0.05, 0) is 42.5 Å². The van der Waals surface area contributed by atoms with Crippen molar-refractivity contribution in [2.45, 2.75) is 0 Å². The van der Waals surface area contributed by atoms with Crippen LogP contribution in [0.5, 0.6) is 5.75 Å². The van der Waals surface area contributed by atoms with E-state index in [4.69, 9.17) is 27.9 Å². The van der Waals surface area contributed by atoms with Gasteiger partial charge in [0.05, 0.1) is 7.11 Å². The summed E-state index contributed by atoms with van der Waals surface area (Å²) in [5.41, 5.74) is 2.52. The summed E-state index contributed by atoms with van der Waals surface area (Å²) < 4.78 is 7.13. The van der Waals surface area contributed by atoms with Crippen LogP contribution in [-0.2, 0) is 0 Å². The molecule has 0 atom stereocenters. The molecule has 0 saturated carbocycles. The van der Waals surface area contributed by atoms with E-state index in [2.05, 4.69) is 10.3 Å². The second kappa shape index (κ2) is 7.54. The fourth-order valence-electron chi connectivity index (χ4n) is 2.95. The van der Waals surface area contributed by atoms with Gasteiger partial charge in [-0.2, -0.15) is 0 Å². The summed E-state index contributed by atoms with van der Waals surface area (Å²) in [6.07, 6.45) is 1.84. The third-order valence-electron chi connectivity index (χ3n) is 4.23. The number of amides is 1. The van der Waals surface area contributed by atoms with Gasteiger partial charge in [-0.3, -0.25) is 9.20 Å². The maximum atomic E-state index is 12.9. The summed E-state index contributed by atoms with van der Waals surface area (Å²) in [6, 6.07) is 17.9. The van der Waals surface area contributed by atoms with Crippen molar-refractivity contribution in [3.8, 4) is 17.0 Å². The van der Waals surface area contributed by atoms with E-state index in [0.717, 1.165) is 5.56 Å². The number of halogens is 2. The van der Waals surface area contributed by atoms with Crippen LogP contribution in [0.4, 0.5) is 5.82 Å². The van der Waals surface area contributed by atoms with Crippen LogP contribution in [-0.4, -0.2) is 22.4 Å². The van der Waals surface area contributed by atoms with Crippen LogP contribution < -0.4 is 10.1 Å². The molecule has 0 spiro atoms. The lowest BCUT2D eigenvalue weighted by atomic mass is 10.1. The molecule has 0 bridgehead atoms. The predicted octanol–water partition coefficient (Wildman–Crippen LogP) is 5.57. The van der Waals surface area contributed by atoms with Crippen molar-refractivity contribution in [2.24, 2.45) is 0 Å². The van der Waals surface area contributed by atoms with Gasteiger partial charge in [0.15, 0.2) is 0 Å². The molecule has 1 amide bonds. The van der Waals surface area contributed by atoms with Crippen molar-refractivity contribution < 1.29 is 9.53 Å². The lowest BCUT2D eigenvalue weighted by Gasteiger charge is -2.09. The number of anilines is 1. The largest absolute Gasteiger partial charge is 0.497 e. The molecule has 4 aromatic rings. The van der Waals surface area contributed by atoms with Gasteiger partial charge in [-0.1, -0.05) is 41.4 Å². The Morgan fingerprint density at radius 2 is 1.82 bits per heavy atom. The summed E-state index contributed by atoms with van der Waals surface area (Å²) in [5.74, 6) is 0.914. The quantitative estimate of drug-likeness (QED) is 0.477. The summed E-state index contributed by atoms with van der Waals surface area (Å²) in [6.45, 7) is 0. The molecule has 2 heterocycles. The number of methoxy groups -OCH3 is 1. The molecule has 0 aliphatic rings. The Hall–Kier alpha value is -3.02. The zero-order valence-electron chi connectivity index (χ0n) is 14.8. The maximum absolute atomic E-state index is 12.9. The van der Waals surface area contributed by atoms with E-state index in [9.17, 15) is 4.79 Å². The number of fused-ring (bicyclic) bond motifs is 1. The molecule has 5 nitrogen and oxygen atoms in total. The molecule has 0 aliphatic carbocycles. The highest BCUT2D eigenvalue weighted by atomic mass is 35.5. The zero-order valence-corrected chi connectivity index (χ0v) is 16.3. The molecule has 0 saturated heterocycles. The summed E-state index contributed by atoms with van der Waals surface area (Å²) in [4.78, 5) is 17.6. The minimum absolute atomic E-state index is 0.334. The second-order valence-electron chi connectivity index (χ2n) is 6.08. The van der Waals surface area contributed by atoms with Crippen LogP contribution in [0.15, 0.2) is 66.9 Å². The van der Waals surface area contributed by atoms with E-state index in [-0.39, 0.29) is 5.91 Å². The normalized spacial score (nSPS) is 10.8. The van der Waals surface area contributed by atoms with Crippen LogP contribution in [0.3, 0.4) is 0 Å². The highest BCUT2D eigenvalue weighted by molar-refractivity contribution is 6.35. The number of nitrogens with one attached hydrogen (secondary N) is 1. The number of carbonyl (C=O) groups is 1. The standard InChI is InChI=1S/C21H15Cl2N3O2/c1-28-17-6-4-5-13(11-17)19-20(26-8-3-2-7-18(26)24-19)25-21(27)14-9-15(22)12-16(23)10-14/h2-12H,1H3,(H,25,27). The number of hydrogen-bond acceptors (Lipinski definition) is 3. The lowest BCUT2D eigenvalue weighted by molar-refractivity contribution is 0.102. The monoisotopic (exact) mass is 411 g/mol. The Morgan fingerprint density at radius 3 is 2.57 bits per heavy atom. The molecule has 7 heteroatoms. The van der Waals surface area contributed by atoms with Gasteiger partial charge in [0, 0.05) is 27.4 Å². The Bertz CT molecular complexity index is 1170. The first-order chi connectivity index (χ1) is 13.5. The summed E-state index contributed by atoms with van der Waals surface area (Å²) in [5, 5.41) is 3.73. The fraction of sp³-hybridized carbons (Fsp3) is 0.0476.